The Balaban J connectivity index is 2.20. The molecule has 0 spiro atoms. The van der Waals surface area contributed by atoms with Crippen molar-refractivity contribution in [3.8, 4) is 0 Å². The van der Waals surface area contributed by atoms with Gasteiger partial charge in [-0.05, 0) is 19.1 Å². The van der Waals surface area contributed by atoms with E-state index in [4.69, 9.17) is 11.6 Å². The van der Waals surface area contributed by atoms with E-state index < -0.39 is 0 Å². The van der Waals surface area contributed by atoms with E-state index in [-0.39, 0.29) is 0 Å². The van der Waals surface area contributed by atoms with Gasteiger partial charge < -0.3 is 4.90 Å². The normalized spacial score (nSPS) is 20.6. The number of aromatic nitrogens is 2. The Morgan fingerprint density at radius 3 is 2.93 bits per heavy atom. The fraction of sp³-hybridized carbons (Fsp3) is 0.600. The lowest BCUT2D eigenvalue weighted by atomic mass is 10.2. The summed E-state index contributed by atoms with van der Waals surface area (Å²) in [5.74, 6) is 4.08. The minimum Gasteiger partial charge on any atom is -0.356 e. The zero-order chi connectivity index (χ0) is 10.8. The van der Waals surface area contributed by atoms with Crippen LogP contribution in [0.2, 0.25) is 5.15 Å². The molecular formula is C10H14ClN3S. The fourth-order valence-electron chi connectivity index (χ4n) is 1.71. The topological polar surface area (TPSA) is 29.0 Å². The number of anilines is 1. The first kappa shape index (κ1) is 11.0. The molecule has 0 bridgehead atoms. The lowest BCUT2D eigenvalue weighted by molar-refractivity contribution is 0.689. The highest BCUT2D eigenvalue weighted by Crippen LogP contribution is 2.25. The van der Waals surface area contributed by atoms with Gasteiger partial charge in [0.1, 0.15) is 16.8 Å². The van der Waals surface area contributed by atoms with Gasteiger partial charge in [-0.25, -0.2) is 9.97 Å². The van der Waals surface area contributed by atoms with Crippen molar-refractivity contribution in [1.29, 1.82) is 0 Å². The van der Waals surface area contributed by atoms with Gasteiger partial charge in [-0.1, -0.05) is 11.6 Å². The minimum atomic E-state index is 0.523. The molecule has 0 N–H and O–H groups in total. The molecule has 82 valence electrons. The first-order valence-corrected chi connectivity index (χ1v) is 6.52. The van der Waals surface area contributed by atoms with E-state index in [2.05, 4.69) is 21.9 Å². The van der Waals surface area contributed by atoms with Crippen LogP contribution in [0.5, 0.6) is 0 Å². The summed E-state index contributed by atoms with van der Waals surface area (Å²) in [5.41, 5.74) is 0. The molecule has 0 saturated carbocycles. The Labute approximate surface area is 99.2 Å². The fourth-order valence-corrected chi connectivity index (χ4v) is 3.20. The van der Waals surface area contributed by atoms with Gasteiger partial charge >= 0.3 is 0 Å². The Bertz CT molecular complexity index is 332. The minimum absolute atomic E-state index is 0.523. The van der Waals surface area contributed by atoms with Crippen LogP contribution >= 0.6 is 23.4 Å². The number of thioether (sulfide) groups is 1. The van der Waals surface area contributed by atoms with E-state index in [1.54, 1.807) is 0 Å². The van der Waals surface area contributed by atoms with Crippen LogP contribution in [-0.2, 0) is 0 Å². The number of hydrogen-bond acceptors (Lipinski definition) is 4. The second kappa shape index (κ2) is 4.58. The Hall–Kier alpha value is -0.480. The van der Waals surface area contributed by atoms with Gasteiger partial charge in [0.2, 0.25) is 0 Å². The van der Waals surface area contributed by atoms with Crippen LogP contribution in [0.1, 0.15) is 12.2 Å². The summed E-state index contributed by atoms with van der Waals surface area (Å²) in [7, 11) is 2.08. The largest absolute Gasteiger partial charge is 0.356 e. The molecule has 2 rings (SSSR count). The van der Waals surface area contributed by atoms with Gasteiger partial charge in [0, 0.05) is 24.9 Å². The summed E-state index contributed by atoms with van der Waals surface area (Å²) in [6.45, 7) is 1.87. The summed E-state index contributed by atoms with van der Waals surface area (Å²) >= 11 is 7.91. The molecule has 5 heteroatoms. The van der Waals surface area contributed by atoms with Gasteiger partial charge in [0.05, 0.1) is 0 Å². The van der Waals surface area contributed by atoms with Crippen molar-refractivity contribution in [2.24, 2.45) is 0 Å². The lowest BCUT2D eigenvalue weighted by Crippen LogP contribution is -2.32. The van der Waals surface area contributed by atoms with Crippen LogP contribution in [0.25, 0.3) is 0 Å². The number of hydrogen-bond donors (Lipinski definition) is 0. The van der Waals surface area contributed by atoms with Crippen molar-refractivity contribution in [2.75, 3.05) is 23.5 Å². The summed E-state index contributed by atoms with van der Waals surface area (Å²) in [6.07, 6.45) is 1.22. The molecule has 15 heavy (non-hydrogen) atoms. The smallest absolute Gasteiger partial charge is 0.134 e. The molecule has 1 aromatic rings. The quantitative estimate of drug-likeness (QED) is 0.746. The summed E-state index contributed by atoms with van der Waals surface area (Å²) in [6, 6.07) is 2.41. The van der Waals surface area contributed by atoms with Gasteiger partial charge in [-0.3, -0.25) is 0 Å². The molecule has 1 aliphatic rings. The predicted molar refractivity (Wildman–Crippen MR) is 65.9 cm³/mol. The molecule has 0 aliphatic carbocycles. The van der Waals surface area contributed by atoms with Crippen LogP contribution in [0.3, 0.4) is 0 Å². The maximum atomic E-state index is 5.92. The van der Waals surface area contributed by atoms with E-state index in [1.165, 1.54) is 17.9 Å². The zero-order valence-electron chi connectivity index (χ0n) is 8.90. The monoisotopic (exact) mass is 243 g/mol. The third-order valence-corrected chi connectivity index (χ3v) is 3.95. The van der Waals surface area contributed by atoms with E-state index in [1.807, 2.05) is 24.8 Å². The van der Waals surface area contributed by atoms with Crippen molar-refractivity contribution in [2.45, 2.75) is 19.4 Å². The van der Waals surface area contributed by atoms with Gasteiger partial charge in [-0.15, -0.1) is 0 Å². The average molecular weight is 244 g/mol. The summed E-state index contributed by atoms with van der Waals surface area (Å²) < 4.78 is 0. The molecule has 1 fully saturated rings. The molecule has 1 saturated heterocycles. The zero-order valence-corrected chi connectivity index (χ0v) is 10.5. The molecule has 0 radical (unpaired) electrons. The summed E-state index contributed by atoms with van der Waals surface area (Å²) in [4.78, 5) is 10.7. The van der Waals surface area contributed by atoms with Crippen molar-refractivity contribution in [1.82, 2.24) is 9.97 Å². The second-order valence-corrected chi connectivity index (χ2v) is 5.26. The molecule has 1 aromatic heterocycles. The Morgan fingerprint density at radius 2 is 2.33 bits per heavy atom. The SMILES string of the molecule is Cc1nc(Cl)cc(N(C)[C@@H]2CCSC2)n1. The number of aryl methyl sites for hydroxylation is 1. The van der Waals surface area contributed by atoms with Crippen molar-refractivity contribution < 1.29 is 0 Å². The molecule has 1 atom stereocenters. The third kappa shape index (κ3) is 2.55. The van der Waals surface area contributed by atoms with Gasteiger partial charge in [0.25, 0.3) is 0 Å². The number of rotatable bonds is 2. The lowest BCUT2D eigenvalue weighted by Gasteiger charge is -2.24. The standard InChI is InChI=1S/C10H14ClN3S/c1-7-12-9(11)5-10(13-7)14(2)8-3-4-15-6-8/h5,8H,3-4,6H2,1-2H3/t8-/m1/s1. The van der Waals surface area contributed by atoms with Crippen molar-refractivity contribution in [3.05, 3.63) is 17.0 Å². The maximum absolute atomic E-state index is 5.92. The molecule has 1 aliphatic heterocycles. The van der Waals surface area contributed by atoms with Crippen molar-refractivity contribution >= 4 is 29.2 Å². The van der Waals surface area contributed by atoms with E-state index in [0.29, 0.717) is 11.2 Å². The number of halogens is 1. The van der Waals surface area contributed by atoms with Crippen LogP contribution in [-0.4, -0.2) is 34.6 Å². The van der Waals surface area contributed by atoms with Crippen LogP contribution in [0, 0.1) is 6.92 Å². The predicted octanol–water partition coefficient (Wildman–Crippen LogP) is 2.38. The molecular weight excluding hydrogens is 230 g/mol. The maximum Gasteiger partial charge on any atom is 0.134 e. The molecule has 0 amide bonds. The number of nitrogens with zero attached hydrogens (tertiary/aromatic N) is 3. The van der Waals surface area contributed by atoms with E-state index >= 15 is 0 Å². The van der Waals surface area contributed by atoms with Gasteiger partial charge in [-0.2, -0.15) is 11.8 Å². The third-order valence-electron chi connectivity index (χ3n) is 2.61. The average Bonchev–Trinajstić information content (AvgIpc) is 2.67. The molecule has 0 aromatic carbocycles. The summed E-state index contributed by atoms with van der Waals surface area (Å²) in [5, 5.41) is 0.523. The van der Waals surface area contributed by atoms with Gasteiger partial charge in [0.15, 0.2) is 0 Å². The second-order valence-electron chi connectivity index (χ2n) is 3.72. The Kier molecular flexibility index (Phi) is 3.36. The van der Waals surface area contributed by atoms with Crippen molar-refractivity contribution in [3.63, 3.8) is 0 Å². The Morgan fingerprint density at radius 1 is 1.53 bits per heavy atom. The van der Waals surface area contributed by atoms with Crippen LogP contribution in [0.15, 0.2) is 6.07 Å². The highest BCUT2D eigenvalue weighted by Gasteiger charge is 2.21. The molecule has 2 heterocycles. The van der Waals surface area contributed by atoms with Crippen LogP contribution in [0.4, 0.5) is 5.82 Å². The first-order chi connectivity index (χ1) is 7.16. The highest BCUT2D eigenvalue weighted by atomic mass is 35.5. The van der Waals surface area contributed by atoms with Crippen LogP contribution < -0.4 is 4.90 Å². The van der Waals surface area contributed by atoms with E-state index in [9.17, 15) is 0 Å². The highest BCUT2D eigenvalue weighted by molar-refractivity contribution is 7.99. The van der Waals surface area contributed by atoms with E-state index in [0.717, 1.165) is 11.6 Å². The molecule has 3 nitrogen and oxygen atoms in total. The first-order valence-electron chi connectivity index (χ1n) is 4.98. The molecule has 0 unspecified atom stereocenters.